The largest absolute Gasteiger partial charge is 0.380 e. The maximum Gasteiger partial charge on any atom is 0.186 e. The van der Waals surface area contributed by atoms with Crippen LogP contribution in [0.15, 0.2) is 6.20 Å². The Morgan fingerprint density at radius 2 is 2.62 bits per heavy atom. The van der Waals surface area contributed by atoms with Gasteiger partial charge in [0.1, 0.15) is 4.34 Å². The fourth-order valence-electron chi connectivity index (χ4n) is 1.49. The molecular formula is C8H11ClN2OS. The molecule has 0 radical (unpaired) electrons. The molecule has 2 rings (SSSR count). The Morgan fingerprint density at radius 1 is 1.77 bits per heavy atom. The van der Waals surface area contributed by atoms with E-state index in [0.717, 1.165) is 29.0 Å². The molecule has 0 N–H and O–H groups in total. The van der Waals surface area contributed by atoms with Crippen molar-refractivity contribution in [3.05, 3.63) is 10.5 Å². The van der Waals surface area contributed by atoms with Crippen LogP contribution in [0.1, 0.15) is 6.42 Å². The summed E-state index contributed by atoms with van der Waals surface area (Å²) in [6.07, 6.45) is 3.12. The third-order valence-corrected chi connectivity index (χ3v) is 3.39. The summed E-state index contributed by atoms with van der Waals surface area (Å²) in [6.45, 7) is 1.95. The highest BCUT2D eigenvalue weighted by atomic mass is 35.5. The van der Waals surface area contributed by atoms with E-state index in [1.807, 2.05) is 0 Å². The summed E-state index contributed by atoms with van der Waals surface area (Å²) in [4.78, 5) is 6.44. The Kier molecular flexibility index (Phi) is 2.71. The highest BCUT2D eigenvalue weighted by molar-refractivity contribution is 7.19. The summed E-state index contributed by atoms with van der Waals surface area (Å²) in [6, 6.07) is 0. The van der Waals surface area contributed by atoms with Gasteiger partial charge in [0.25, 0.3) is 0 Å². The second kappa shape index (κ2) is 3.82. The van der Waals surface area contributed by atoms with E-state index in [4.69, 9.17) is 16.3 Å². The summed E-state index contributed by atoms with van der Waals surface area (Å²) in [5.41, 5.74) is 0. The second-order valence-electron chi connectivity index (χ2n) is 3.04. The van der Waals surface area contributed by atoms with E-state index in [1.54, 1.807) is 13.3 Å². The van der Waals surface area contributed by atoms with E-state index in [-0.39, 0.29) is 0 Å². The van der Waals surface area contributed by atoms with Crippen LogP contribution in [0.5, 0.6) is 0 Å². The third-order valence-electron chi connectivity index (χ3n) is 2.21. The Bertz CT molecular complexity index is 291. The molecule has 1 atom stereocenters. The van der Waals surface area contributed by atoms with Crippen LogP contribution in [0, 0.1) is 0 Å². The topological polar surface area (TPSA) is 25.4 Å². The predicted octanol–water partition coefficient (Wildman–Crippen LogP) is 2.02. The van der Waals surface area contributed by atoms with Crippen LogP contribution in [-0.2, 0) is 4.74 Å². The summed E-state index contributed by atoms with van der Waals surface area (Å²) in [7, 11) is 1.75. The highest BCUT2D eigenvalue weighted by Gasteiger charge is 2.23. The van der Waals surface area contributed by atoms with Gasteiger partial charge >= 0.3 is 0 Å². The maximum atomic E-state index is 5.81. The third kappa shape index (κ3) is 1.95. The van der Waals surface area contributed by atoms with Gasteiger partial charge < -0.3 is 9.64 Å². The number of aromatic nitrogens is 1. The van der Waals surface area contributed by atoms with Crippen LogP contribution in [-0.4, -0.2) is 31.3 Å². The molecule has 13 heavy (non-hydrogen) atoms. The van der Waals surface area contributed by atoms with Gasteiger partial charge in [0.15, 0.2) is 5.13 Å². The molecule has 0 bridgehead atoms. The van der Waals surface area contributed by atoms with E-state index in [2.05, 4.69) is 9.88 Å². The average molecular weight is 219 g/mol. The Labute approximate surface area is 86.3 Å². The van der Waals surface area contributed by atoms with E-state index in [9.17, 15) is 0 Å². The Hall–Kier alpha value is -0.320. The van der Waals surface area contributed by atoms with E-state index < -0.39 is 0 Å². The first-order chi connectivity index (χ1) is 6.29. The standard InChI is InChI=1S/C8H11ClN2OS/c1-12-6-2-3-11(5-6)8-10-4-7(9)13-8/h4,6H,2-3,5H2,1H3/t6-/m0/s1. The molecule has 0 saturated carbocycles. The summed E-state index contributed by atoms with van der Waals surface area (Å²) in [5.74, 6) is 0. The SMILES string of the molecule is CO[C@H]1CCN(c2ncc(Cl)s2)C1. The number of methoxy groups -OCH3 is 1. The van der Waals surface area contributed by atoms with Gasteiger partial charge in [-0.05, 0) is 6.42 Å². The summed E-state index contributed by atoms with van der Waals surface area (Å²) < 4.78 is 6.02. The van der Waals surface area contributed by atoms with Gasteiger partial charge in [-0.15, -0.1) is 0 Å². The molecule has 0 spiro atoms. The molecule has 1 aromatic rings. The molecule has 1 saturated heterocycles. The Morgan fingerprint density at radius 3 is 3.15 bits per heavy atom. The fourth-order valence-corrected chi connectivity index (χ4v) is 2.42. The Balaban J connectivity index is 2.03. The molecule has 5 heteroatoms. The zero-order valence-corrected chi connectivity index (χ0v) is 8.94. The van der Waals surface area contributed by atoms with Gasteiger partial charge in [-0.25, -0.2) is 4.98 Å². The molecule has 72 valence electrons. The number of halogens is 1. The van der Waals surface area contributed by atoms with Gasteiger partial charge in [-0.3, -0.25) is 0 Å². The average Bonchev–Trinajstić information content (AvgIpc) is 2.71. The minimum atomic E-state index is 0.350. The van der Waals surface area contributed by atoms with E-state index >= 15 is 0 Å². The van der Waals surface area contributed by atoms with Crippen molar-refractivity contribution in [2.45, 2.75) is 12.5 Å². The first kappa shape index (κ1) is 9.24. The molecule has 0 amide bonds. The van der Waals surface area contributed by atoms with Crippen LogP contribution in [0.2, 0.25) is 4.34 Å². The monoisotopic (exact) mass is 218 g/mol. The molecule has 0 aliphatic carbocycles. The zero-order chi connectivity index (χ0) is 9.26. The van der Waals surface area contributed by atoms with E-state index in [1.165, 1.54) is 11.3 Å². The normalized spacial score (nSPS) is 22.6. The van der Waals surface area contributed by atoms with Crippen LogP contribution < -0.4 is 4.90 Å². The lowest BCUT2D eigenvalue weighted by atomic mass is 10.3. The number of nitrogens with zero attached hydrogens (tertiary/aromatic N) is 2. The number of hydrogen-bond donors (Lipinski definition) is 0. The predicted molar refractivity (Wildman–Crippen MR) is 54.8 cm³/mol. The van der Waals surface area contributed by atoms with Crippen molar-refractivity contribution in [1.29, 1.82) is 0 Å². The van der Waals surface area contributed by atoms with Gasteiger partial charge in [-0.1, -0.05) is 22.9 Å². The lowest BCUT2D eigenvalue weighted by molar-refractivity contribution is 0.121. The van der Waals surface area contributed by atoms with Crippen molar-refractivity contribution in [3.8, 4) is 0 Å². The number of hydrogen-bond acceptors (Lipinski definition) is 4. The summed E-state index contributed by atoms with van der Waals surface area (Å²) in [5, 5.41) is 1.00. The van der Waals surface area contributed by atoms with Crippen molar-refractivity contribution in [2.24, 2.45) is 0 Å². The first-order valence-electron chi connectivity index (χ1n) is 4.18. The van der Waals surface area contributed by atoms with Gasteiger partial charge in [0.05, 0.1) is 12.3 Å². The first-order valence-corrected chi connectivity index (χ1v) is 5.38. The number of rotatable bonds is 2. The summed E-state index contributed by atoms with van der Waals surface area (Å²) >= 11 is 7.33. The number of ether oxygens (including phenoxy) is 1. The molecule has 1 aromatic heterocycles. The zero-order valence-electron chi connectivity index (χ0n) is 7.36. The minimum absolute atomic E-state index is 0.350. The fraction of sp³-hybridized carbons (Fsp3) is 0.625. The lowest BCUT2D eigenvalue weighted by Gasteiger charge is -2.13. The van der Waals surface area contributed by atoms with E-state index in [0.29, 0.717) is 6.10 Å². The quantitative estimate of drug-likeness (QED) is 0.760. The van der Waals surface area contributed by atoms with Gasteiger partial charge in [0.2, 0.25) is 0 Å². The van der Waals surface area contributed by atoms with Crippen molar-refractivity contribution in [1.82, 2.24) is 4.98 Å². The molecule has 3 nitrogen and oxygen atoms in total. The second-order valence-corrected chi connectivity index (χ2v) is 4.68. The van der Waals surface area contributed by atoms with Crippen LogP contribution in [0.25, 0.3) is 0 Å². The van der Waals surface area contributed by atoms with Crippen molar-refractivity contribution in [3.63, 3.8) is 0 Å². The van der Waals surface area contributed by atoms with Crippen molar-refractivity contribution < 1.29 is 4.74 Å². The molecular weight excluding hydrogens is 208 g/mol. The van der Waals surface area contributed by atoms with Crippen molar-refractivity contribution >= 4 is 28.1 Å². The molecule has 0 aromatic carbocycles. The smallest absolute Gasteiger partial charge is 0.186 e. The van der Waals surface area contributed by atoms with Gasteiger partial charge in [-0.2, -0.15) is 0 Å². The van der Waals surface area contributed by atoms with Crippen LogP contribution in [0.3, 0.4) is 0 Å². The molecule has 2 heterocycles. The number of anilines is 1. The van der Waals surface area contributed by atoms with Gasteiger partial charge in [0, 0.05) is 20.2 Å². The molecule has 1 fully saturated rings. The number of thiazole rings is 1. The maximum absolute atomic E-state index is 5.81. The highest BCUT2D eigenvalue weighted by Crippen LogP contribution is 2.29. The van der Waals surface area contributed by atoms with Crippen LogP contribution in [0.4, 0.5) is 5.13 Å². The minimum Gasteiger partial charge on any atom is -0.380 e. The molecule has 1 aliphatic heterocycles. The van der Waals surface area contributed by atoms with Crippen LogP contribution >= 0.6 is 22.9 Å². The molecule has 0 unspecified atom stereocenters. The molecule has 1 aliphatic rings. The van der Waals surface area contributed by atoms with Crippen molar-refractivity contribution in [2.75, 3.05) is 25.1 Å². The lowest BCUT2D eigenvalue weighted by Crippen LogP contribution is -2.21.